The molecule has 204 valence electrons. The zero-order valence-electron chi connectivity index (χ0n) is 21.7. The van der Waals surface area contributed by atoms with Gasteiger partial charge in [0.05, 0.1) is 18.0 Å². The lowest BCUT2D eigenvalue weighted by Crippen LogP contribution is -2.39. The number of rotatable bonds is 10. The van der Waals surface area contributed by atoms with Crippen LogP contribution in [0.15, 0.2) is 71.8 Å². The van der Waals surface area contributed by atoms with Crippen molar-refractivity contribution in [3.8, 4) is 11.5 Å². The third-order valence-corrected chi connectivity index (χ3v) is 6.42. The first-order valence-corrected chi connectivity index (χ1v) is 12.7. The van der Waals surface area contributed by atoms with E-state index in [9.17, 15) is 19.8 Å². The van der Waals surface area contributed by atoms with E-state index < -0.39 is 12.0 Å². The van der Waals surface area contributed by atoms with Gasteiger partial charge in [-0.15, -0.1) is 0 Å². The second-order valence-corrected chi connectivity index (χ2v) is 9.50. The molecule has 39 heavy (non-hydrogen) atoms. The first-order chi connectivity index (χ1) is 18.8. The number of ether oxygens (including phenoxy) is 1. The Bertz CT molecular complexity index is 1330. The highest BCUT2D eigenvalue weighted by Gasteiger charge is 2.24. The summed E-state index contributed by atoms with van der Waals surface area (Å²) in [5, 5.41) is 26.7. The van der Waals surface area contributed by atoms with Gasteiger partial charge in [-0.1, -0.05) is 30.3 Å². The summed E-state index contributed by atoms with van der Waals surface area (Å²) in [4.78, 5) is 27.1. The summed E-state index contributed by atoms with van der Waals surface area (Å²) < 4.78 is 5.68. The molecule has 0 aliphatic carbocycles. The molecule has 1 saturated heterocycles. The molecule has 3 aromatic rings. The van der Waals surface area contributed by atoms with E-state index >= 15 is 0 Å². The Morgan fingerprint density at radius 1 is 1.18 bits per heavy atom. The van der Waals surface area contributed by atoms with Gasteiger partial charge in [-0.05, 0) is 60.9 Å². The number of hydrogen-bond acceptors (Lipinski definition) is 8. The number of aromatic hydroxyl groups is 1. The number of hydrazone groups is 1. The lowest BCUT2D eigenvalue weighted by molar-refractivity contribution is -0.123. The van der Waals surface area contributed by atoms with Crippen LogP contribution in [0, 0.1) is 0 Å². The van der Waals surface area contributed by atoms with Gasteiger partial charge in [-0.2, -0.15) is 5.10 Å². The Morgan fingerprint density at radius 3 is 2.72 bits per heavy atom. The summed E-state index contributed by atoms with van der Waals surface area (Å²) in [6, 6.07) is 19.4. The second kappa shape index (κ2) is 12.9. The normalized spacial score (nSPS) is 16.2. The molecule has 6 N–H and O–H groups in total. The van der Waals surface area contributed by atoms with E-state index in [4.69, 9.17) is 10.5 Å². The van der Waals surface area contributed by atoms with Gasteiger partial charge in [0.1, 0.15) is 11.5 Å². The molecule has 0 radical (unpaired) electrons. The molecule has 0 aromatic heterocycles. The monoisotopic (exact) mass is 531 g/mol. The van der Waals surface area contributed by atoms with Crippen LogP contribution < -0.4 is 21.2 Å². The van der Waals surface area contributed by atoms with Crippen molar-refractivity contribution in [2.75, 3.05) is 25.4 Å². The zero-order valence-corrected chi connectivity index (χ0v) is 21.7. The molecule has 0 saturated carbocycles. The van der Waals surface area contributed by atoms with Crippen LogP contribution in [0.3, 0.4) is 0 Å². The van der Waals surface area contributed by atoms with Crippen LogP contribution in [0.2, 0.25) is 0 Å². The third-order valence-electron chi connectivity index (χ3n) is 6.42. The number of aliphatic hydroxyl groups is 1. The van der Waals surface area contributed by atoms with E-state index in [2.05, 4.69) is 32.9 Å². The van der Waals surface area contributed by atoms with Gasteiger partial charge in [0, 0.05) is 36.8 Å². The average Bonchev–Trinajstić information content (AvgIpc) is 3.36. The minimum Gasteiger partial charge on any atom is -0.506 e. The van der Waals surface area contributed by atoms with Crippen molar-refractivity contribution in [3.05, 3.63) is 89.0 Å². The molecule has 3 aromatic carbocycles. The Morgan fingerprint density at radius 2 is 1.97 bits per heavy atom. The molecule has 2 unspecified atom stereocenters. The first-order valence-electron chi connectivity index (χ1n) is 12.7. The molecule has 2 atom stereocenters. The van der Waals surface area contributed by atoms with Gasteiger partial charge < -0.3 is 26.0 Å². The van der Waals surface area contributed by atoms with Crippen molar-refractivity contribution in [2.24, 2.45) is 5.10 Å². The van der Waals surface area contributed by atoms with Crippen LogP contribution in [0.25, 0.3) is 0 Å². The van der Waals surface area contributed by atoms with E-state index in [1.807, 2.05) is 18.2 Å². The lowest BCUT2D eigenvalue weighted by Gasteiger charge is -2.17. The number of amides is 2. The average molecular weight is 532 g/mol. The van der Waals surface area contributed by atoms with E-state index in [1.54, 1.807) is 25.1 Å². The highest BCUT2D eigenvalue weighted by Crippen LogP contribution is 2.23. The van der Waals surface area contributed by atoms with Gasteiger partial charge in [0.15, 0.2) is 6.61 Å². The molecule has 1 aliphatic rings. The van der Waals surface area contributed by atoms with Gasteiger partial charge in [0.2, 0.25) is 0 Å². The predicted octanol–water partition coefficient (Wildman–Crippen LogP) is 2.56. The SMILES string of the molecule is CC(O)c1cc(OCC(=O)NC2CCN(Cc3ccccc3)C2)ccc1/C=N/NC(=O)c1ccc(O)c(N)c1. The fourth-order valence-electron chi connectivity index (χ4n) is 4.40. The highest BCUT2D eigenvalue weighted by molar-refractivity contribution is 5.96. The summed E-state index contributed by atoms with van der Waals surface area (Å²) in [5.41, 5.74) is 10.7. The van der Waals surface area contributed by atoms with Crippen molar-refractivity contribution in [2.45, 2.75) is 32.0 Å². The van der Waals surface area contributed by atoms with Gasteiger partial charge in [-0.25, -0.2) is 5.43 Å². The Balaban J connectivity index is 1.27. The summed E-state index contributed by atoms with van der Waals surface area (Å²) in [6.07, 6.45) is 1.45. The van der Waals surface area contributed by atoms with Crippen LogP contribution in [0.4, 0.5) is 5.69 Å². The maximum absolute atomic E-state index is 12.5. The van der Waals surface area contributed by atoms with Gasteiger partial charge in [0.25, 0.3) is 11.8 Å². The van der Waals surface area contributed by atoms with Crippen molar-refractivity contribution < 1.29 is 24.5 Å². The number of nitrogen functional groups attached to an aromatic ring is 1. The molecular formula is C29H33N5O5. The summed E-state index contributed by atoms with van der Waals surface area (Å²) in [6.45, 7) is 4.02. The van der Waals surface area contributed by atoms with Crippen molar-refractivity contribution in [1.29, 1.82) is 0 Å². The maximum atomic E-state index is 12.5. The number of likely N-dealkylation sites (tertiary alicyclic amines) is 1. The Kier molecular flexibility index (Phi) is 9.14. The first kappa shape index (κ1) is 27.6. The number of hydrogen-bond donors (Lipinski definition) is 5. The quantitative estimate of drug-likeness (QED) is 0.117. The number of nitrogens with zero attached hydrogens (tertiary/aromatic N) is 2. The smallest absolute Gasteiger partial charge is 0.271 e. The molecule has 1 fully saturated rings. The summed E-state index contributed by atoms with van der Waals surface area (Å²) in [5.74, 6) is -0.393. The fraction of sp³-hybridized carbons (Fsp3) is 0.276. The van der Waals surface area contributed by atoms with Crippen LogP contribution in [0.5, 0.6) is 11.5 Å². The molecule has 2 amide bonds. The number of benzene rings is 3. The number of carbonyl (C=O) groups is 2. The molecule has 1 aliphatic heterocycles. The maximum Gasteiger partial charge on any atom is 0.271 e. The third kappa shape index (κ3) is 7.79. The lowest BCUT2D eigenvalue weighted by atomic mass is 10.0. The number of phenolic OH excluding ortho intramolecular Hbond substituents is 1. The number of anilines is 1. The minimum absolute atomic E-state index is 0.0738. The second-order valence-electron chi connectivity index (χ2n) is 9.50. The van der Waals surface area contributed by atoms with Crippen LogP contribution in [-0.4, -0.2) is 58.9 Å². The Labute approximate surface area is 227 Å². The van der Waals surface area contributed by atoms with Gasteiger partial charge in [-0.3, -0.25) is 14.5 Å². The fourth-order valence-corrected chi connectivity index (χ4v) is 4.40. The molecular weight excluding hydrogens is 498 g/mol. The number of carbonyl (C=O) groups excluding carboxylic acids is 2. The minimum atomic E-state index is -0.842. The highest BCUT2D eigenvalue weighted by atomic mass is 16.5. The van der Waals surface area contributed by atoms with Crippen molar-refractivity contribution in [3.63, 3.8) is 0 Å². The van der Waals surface area contributed by atoms with E-state index in [0.717, 1.165) is 26.1 Å². The van der Waals surface area contributed by atoms with Gasteiger partial charge >= 0.3 is 0 Å². The van der Waals surface area contributed by atoms with Crippen LogP contribution in [0.1, 0.15) is 46.5 Å². The molecule has 0 spiro atoms. The molecule has 10 nitrogen and oxygen atoms in total. The van der Waals surface area contributed by atoms with E-state index in [0.29, 0.717) is 16.9 Å². The molecule has 1 heterocycles. The van der Waals surface area contributed by atoms with Crippen molar-refractivity contribution >= 4 is 23.7 Å². The molecule has 0 bridgehead atoms. The zero-order chi connectivity index (χ0) is 27.8. The summed E-state index contributed by atoms with van der Waals surface area (Å²) >= 11 is 0. The molecule has 10 heteroatoms. The molecule has 4 rings (SSSR count). The number of nitrogens with one attached hydrogen (secondary N) is 2. The number of aliphatic hydroxyl groups excluding tert-OH is 1. The number of nitrogens with two attached hydrogens (primary N) is 1. The van der Waals surface area contributed by atoms with E-state index in [1.165, 1.54) is 30.0 Å². The predicted molar refractivity (Wildman–Crippen MR) is 148 cm³/mol. The topological polar surface area (TPSA) is 150 Å². The number of phenols is 1. The van der Waals surface area contributed by atoms with Crippen LogP contribution in [-0.2, 0) is 11.3 Å². The Hall–Kier alpha value is -4.41. The largest absolute Gasteiger partial charge is 0.506 e. The van der Waals surface area contributed by atoms with E-state index in [-0.39, 0.29) is 35.6 Å². The standard InChI is InChI=1S/C29H33N5O5/c1-19(35)25-14-24(9-7-22(25)15-31-33-29(38)21-8-10-27(36)26(30)13-21)39-18-28(37)32-23-11-12-34(17-23)16-20-5-3-2-4-6-20/h2-10,13-15,19,23,35-36H,11-12,16-18,30H2,1H3,(H,32,37)(H,33,38)/b31-15+. The summed E-state index contributed by atoms with van der Waals surface area (Å²) in [7, 11) is 0. The van der Waals surface area contributed by atoms with Crippen molar-refractivity contribution in [1.82, 2.24) is 15.6 Å². The van der Waals surface area contributed by atoms with Crippen LogP contribution >= 0.6 is 0 Å².